The van der Waals surface area contributed by atoms with E-state index in [1.165, 1.54) is 6.07 Å². The van der Waals surface area contributed by atoms with Gasteiger partial charge < -0.3 is 10.1 Å². The zero-order valence-corrected chi connectivity index (χ0v) is 9.19. The highest BCUT2D eigenvalue weighted by atomic mass is 16.4. The van der Waals surface area contributed by atoms with Gasteiger partial charge in [-0.15, -0.1) is 0 Å². The van der Waals surface area contributed by atoms with E-state index in [0.717, 1.165) is 30.5 Å². The molecule has 1 aromatic heterocycles. The lowest BCUT2D eigenvalue weighted by atomic mass is 9.78. The Balaban J connectivity index is 2.40. The molecule has 86 valence electrons. The molecule has 1 aliphatic carbocycles. The van der Waals surface area contributed by atoms with Crippen molar-refractivity contribution in [3.05, 3.63) is 33.7 Å². The second-order valence-corrected chi connectivity index (χ2v) is 4.38. The summed E-state index contributed by atoms with van der Waals surface area (Å²) in [5.74, 6) is -1.15. The maximum Gasteiger partial charge on any atom is 0.306 e. The minimum absolute atomic E-state index is 0.0260. The van der Waals surface area contributed by atoms with Crippen LogP contribution in [0, 0.1) is 5.92 Å². The van der Waals surface area contributed by atoms with Crippen molar-refractivity contribution in [2.24, 2.45) is 5.92 Å². The van der Waals surface area contributed by atoms with E-state index in [9.17, 15) is 9.59 Å². The first-order valence-electron chi connectivity index (χ1n) is 5.54. The number of nitrogens with one attached hydrogen (secondary N) is 1. The van der Waals surface area contributed by atoms with Crippen LogP contribution in [0.3, 0.4) is 0 Å². The molecule has 2 rings (SSSR count). The molecule has 2 unspecified atom stereocenters. The third-order valence-corrected chi connectivity index (χ3v) is 3.37. The highest BCUT2D eigenvalue weighted by Gasteiger charge is 2.29. The molecule has 0 amide bonds. The van der Waals surface area contributed by atoms with Crippen LogP contribution in [0.2, 0.25) is 0 Å². The molecular formula is C12H15NO3. The van der Waals surface area contributed by atoms with Gasteiger partial charge in [-0.05, 0) is 30.7 Å². The average Bonchev–Trinajstić information content (AvgIpc) is 2.26. The first kappa shape index (κ1) is 10.9. The van der Waals surface area contributed by atoms with Gasteiger partial charge >= 0.3 is 5.97 Å². The van der Waals surface area contributed by atoms with E-state index in [0.29, 0.717) is 0 Å². The Morgan fingerprint density at radius 1 is 1.56 bits per heavy atom. The summed E-state index contributed by atoms with van der Waals surface area (Å²) >= 11 is 0. The molecule has 0 aromatic carbocycles. The maximum atomic E-state index is 11.2. The number of carbonyl (C=O) groups is 1. The normalized spacial score (nSPS) is 21.2. The third kappa shape index (κ3) is 1.87. The molecule has 0 spiro atoms. The van der Waals surface area contributed by atoms with Crippen molar-refractivity contribution in [1.29, 1.82) is 0 Å². The standard InChI is InChI=1S/C12H15NO3/c1-7(12(15)16)8-3-2-4-10-9(8)5-6-11(14)13-10/h5-8H,2-4H2,1H3,(H,13,14)(H,15,16). The van der Waals surface area contributed by atoms with Gasteiger partial charge in [-0.2, -0.15) is 0 Å². The predicted molar refractivity (Wildman–Crippen MR) is 59.5 cm³/mol. The van der Waals surface area contributed by atoms with E-state index >= 15 is 0 Å². The Labute approximate surface area is 93.3 Å². The van der Waals surface area contributed by atoms with Crippen molar-refractivity contribution in [1.82, 2.24) is 4.98 Å². The Kier molecular flexibility index (Phi) is 2.81. The molecule has 0 radical (unpaired) electrons. The number of rotatable bonds is 2. The van der Waals surface area contributed by atoms with Crippen molar-refractivity contribution in [2.75, 3.05) is 0 Å². The van der Waals surface area contributed by atoms with Crippen LogP contribution in [0.15, 0.2) is 16.9 Å². The molecule has 1 aliphatic rings. The van der Waals surface area contributed by atoms with Crippen molar-refractivity contribution in [2.45, 2.75) is 32.1 Å². The highest BCUT2D eigenvalue weighted by molar-refractivity contribution is 5.71. The van der Waals surface area contributed by atoms with Gasteiger partial charge in [0.25, 0.3) is 0 Å². The summed E-state index contributed by atoms with van der Waals surface area (Å²) in [5, 5.41) is 9.04. The molecule has 0 fully saturated rings. The fourth-order valence-corrected chi connectivity index (χ4v) is 2.43. The van der Waals surface area contributed by atoms with Crippen LogP contribution >= 0.6 is 0 Å². The Bertz CT molecular complexity index is 464. The van der Waals surface area contributed by atoms with Crippen molar-refractivity contribution >= 4 is 5.97 Å². The van der Waals surface area contributed by atoms with E-state index in [1.807, 2.05) is 0 Å². The molecule has 0 aliphatic heterocycles. The van der Waals surface area contributed by atoms with E-state index in [4.69, 9.17) is 5.11 Å². The SMILES string of the molecule is CC(C(=O)O)C1CCCc2[nH]c(=O)ccc21. The number of aliphatic carboxylic acids is 1. The maximum absolute atomic E-state index is 11.2. The van der Waals surface area contributed by atoms with Gasteiger partial charge in [0.05, 0.1) is 5.92 Å². The quantitative estimate of drug-likeness (QED) is 0.795. The first-order valence-corrected chi connectivity index (χ1v) is 5.54. The van der Waals surface area contributed by atoms with Crippen LogP contribution in [0.25, 0.3) is 0 Å². The van der Waals surface area contributed by atoms with Gasteiger partial charge in [0.15, 0.2) is 0 Å². The van der Waals surface area contributed by atoms with E-state index in [2.05, 4.69) is 4.98 Å². The molecule has 16 heavy (non-hydrogen) atoms. The molecule has 0 saturated carbocycles. The Morgan fingerprint density at radius 3 is 3.00 bits per heavy atom. The van der Waals surface area contributed by atoms with Gasteiger partial charge in [-0.3, -0.25) is 9.59 Å². The fourth-order valence-electron chi connectivity index (χ4n) is 2.43. The lowest BCUT2D eigenvalue weighted by Gasteiger charge is -2.27. The molecule has 2 N–H and O–H groups in total. The van der Waals surface area contributed by atoms with Gasteiger partial charge in [-0.25, -0.2) is 0 Å². The molecule has 1 aromatic rings. The number of pyridine rings is 1. The minimum atomic E-state index is -0.774. The van der Waals surface area contributed by atoms with Gasteiger partial charge in [0.1, 0.15) is 0 Å². The number of H-pyrrole nitrogens is 1. The average molecular weight is 221 g/mol. The molecule has 2 atom stereocenters. The van der Waals surface area contributed by atoms with Crippen LogP contribution < -0.4 is 5.56 Å². The number of aromatic amines is 1. The van der Waals surface area contributed by atoms with Crippen LogP contribution in [0.4, 0.5) is 0 Å². The zero-order valence-electron chi connectivity index (χ0n) is 9.19. The third-order valence-electron chi connectivity index (χ3n) is 3.37. The summed E-state index contributed by atoms with van der Waals surface area (Å²) in [6, 6.07) is 3.25. The molecule has 4 heteroatoms. The van der Waals surface area contributed by atoms with Gasteiger partial charge in [-0.1, -0.05) is 13.0 Å². The zero-order chi connectivity index (χ0) is 11.7. The van der Waals surface area contributed by atoms with Crippen LogP contribution in [0.1, 0.15) is 36.9 Å². The topological polar surface area (TPSA) is 70.2 Å². The highest BCUT2D eigenvalue weighted by Crippen LogP contribution is 2.35. The van der Waals surface area contributed by atoms with Gasteiger partial charge in [0.2, 0.25) is 5.56 Å². The number of carboxylic acid groups (broad SMARTS) is 1. The molecule has 0 bridgehead atoms. The number of aromatic nitrogens is 1. The molecular weight excluding hydrogens is 206 g/mol. The van der Waals surface area contributed by atoms with E-state index in [1.54, 1.807) is 13.0 Å². The summed E-state index contributed by atoms with van der Waals surface area (Å²) in [7, 11) is 0. The van der Waals surface area contributed by atoms with Crippen molar-refractivity contribution < 1.29 is 9.90 Å². The smallest absolute Gasteiger partial charge is 0.306 e. The van der Waals surface area contributed by atoms with Crippen molar-refractivity contribution in [3.63, 3.8) is 0 Å². The fraction of sp³-hybridized carbons (Fsp3) is 0.500. The summed E-state index contributed by atoms with van der Waals surface area (Å²) in [6.45, 7) is 1.73. The summed E-state index contributed by atoms with van der Waals surface area (Å²) in [5.41, 5.74) is 1.81. The second kappa shape index (κ2) is 4.12. The Morgan fingerprint density at radius 2 is 2.31 bits per heavy atom. The largest absolute Gasteiger partial charge is 0.481 e. The summed E-state index contributed by atoms with van der Waals surface area (Å²) in [4.78, 5) is 25.0. The van der Waals surface area contributed by atoms with E-state index < -0.39 is 11.9 Å². The van der Waals surface area contributed by atoms with Crippen LogP contribution in [-0.4, -0.2) is 16.1 Å². The minimum Gasteiger partial charge on any atom is -0.481 e. The van der Waals surface area contributed by atoms with Crippen molar-refractivity contribution in [3.8, 4) is 0 Å². The number of fused-ring (bicyclic) bond motifs is 1. The van der Waals surface area contributed by atoms with E-state index in [-0.39, 0.29) is 11.5 Å². The lowest BCUT2D eigenvalue weighted by molar-refractivity contribution is -0.142. The number of carboxylic acids is 1. The molecule has 0 saturated heterocycles. The number of hydrogen-bond donors (Lipinski definition) is 2. The lowest BCUT2D eigenvalue weighted by Crippen LogP contribution is -2.25. The summed E-state index contributed by atoms with van der Waals surface area (Å²) < 4.78 is 0. The predicted octanol–water partition coefficient (Wildman–Crippen LogP) is 1.52. The number of hydrogen-bond acceptors (Lipinski definition) is 2. The first-order chi connectivity index (χ1) is 7.59. The second-order valence-electron chi connectivity index (χ2n) is 4.38. The number of aryl methyl sites for hydroxylation is 1. The molecule has 4 nitrogen and oxygen atoms in total. The Hall–Kier alpha value is -1.58. The summed E-state index contributed by atoms with van der Waals surface area (Å²) in [6.07, 6.45) is 2.66. The molecule has 1 heterocycles. The van der Waals surface area contributed by atoms with Gasteiger partial charge in [0, 0.05) is 11.8 Å². The van der Waals surface area contributed by atoms with Crippen LogP contribution in [-0.2, 0) is 11.2 Å². The van der Waals surface area contributed by atoms with Crippen LogP contribution in [0.5, 0.6) is 0 Å². The monoisotopic (exact) mass is 221 g/mol.